The number of carbonyl (C=O) groups excluding carboxylic acids is 2. The van der Waals surface area contributed by atoms with Crippen LogP contribution in [0.2, 0.25) is 0 Å². The molecule has 15 heavy (non-hydrogen) atoms. The molecule has 6 heteroatoms. The van der Waals surface area contributed by atoms with Gasteiger partial charge in [-0.05, 0) is 13.8 Å². The molecule has 0 spiro atoms. The Bertz CT molecular complexity index is 216. The third-order valence-corrected chi connectivity index (χ3v) is 1.51. The molecule has 0 unspecified atom stereocenters. The molecule has 0 aromatic heterocycles. The standard InChI is InChI=1S/C9H20N4O2/c1-7(2)12-8(14)10-5-6-11-9(15)13(3)4/h7H,5-6H2,1-4H3,(H,11,15)(H2,10,12,14). The smallest absolute Gasteiger partial charge is 0.316 e. The number of hydrogen-bond donors (Lipinski definition) is 3. The zero-order valence-electron chi connectivity index (χ0n) is 9.76. The van der Waals surface area contributed by atoms with Crippen LogP contribution in [0.15, 0.2) is 0 Å². The third kappa shape index (κ3) is 7.60. The topological polar surface area (TPSA) is 73.5 Å². The first-order valence-corrected chi connectivity index (χ1v) is 4.93. The van der Waals surface area contributed by atoms with Crippen LogP contribution in [-0.2, 0) is 0 Å². The molecule has 0 fully saturated rings. The molecule has 0 atom stereocenters. The minimum absolute atomic E-state index is 0.112. The number of carbonyl (C=O) groups is 2. The van der Waals surface area contributed by atoms with Crippen molar-refractivity contribution >= 4 is 12.1 Å². The van der Waals surface area contributed by atoms with Gasteiger partial charge in [-0.25, -0.2) is 9.59 Å². The van der Waals surface area contributed by atoms with Crippen molar-refractivity contribution in [3.05, 3.63) is 0 Å². The predicted molar refractivity (Wildman–Crippen MR) is 58.8 cm³/mol. The number of nitrogens with zero attached hydrogens (tertiary/aromatic N) is 1. The lowest BCUT2D eigenvalue weighted by Gasteiger charge is -2.13. The minimum atomic E-state index is -0.218. The Morgan fingerprint density at radius 2 is 1.67 bits per heavy atom. The number of rotatable bonds is 4. The maximum atomic E-state index is 11.1. The van der Waals surface area contributed by atoms with Crippen LogP contribution in [0, 0.1) is 0 Å². The fourth-order valence-electron chi connectivity index (χ4n) is 0.817. The average molecular weight is 216 g/mol. The summed E-state index contributed by atoms with van der Waals surface area (Å²) in [5.74, 6) is 0. The third-order valence-electron chi connectivity index (χ3n) is 1.51. The maximum absolute atomic E-state index is 11.1. The number of urea groups is 2. The maximum Gasteiger partial charge on any atom is 0.316 e. The Balaban J connectivity index is 3.46. The van der Waals surface area contributed by atoms with Gasteiger partial charge in [0.05, 0.1) is 0 Å². The summed E-state index contributed by atoms with van der Waals surface area (Å²) >= 11 is 0. The SMILES string of the molecule is CC(C)NC(=O)NCCNC(=O)N(C)C. The predicted octanol–water partition coefficient (Wildman–Crippen LogP) is -0.0348. The molecule has 0 aliphatic heterocycles. The summed E-state index contributed by atoms with van der Waals surface area (Å²) in [5, 5.41) is 7.94. The molecule has 0 saturated carbocycles. The molecule has 3 N–H and O–H groups in total. The van der Waals surface area contributed by atoms with E-state index in [1.807, 2.05) is 13.8 Å². The summed E-state index contributed by atoms with van der Waals surface area (Å²) in [5.41, 5.74) is 0. The summed E-state index contributed by atoms with van der Waals surface area (Å²) < 4.78 is 0. The highest BCUT2D eigenvalue weighted by molar-refractivity contribution is 5.75. The first-order chi connectivity index (χ1) is 6.93. The van der Waals surface area contributed by atoms with E-state index in [0.29, 0.717) is 13.1 Å². The molecule has 88 valence electrons. The van der Waals surface area contributed by atoms with E-state index in [4.69, 9.17) is 0 Å². The van der Waals surface area contributed by atoms with Gasteiger partial charge in [0.25, 0.3) is 0 Å². The van der Waals surface area contributed by atoms with Crippen LogP contribution in [0.25, 0.3) is 0 Å². The molecule has 6 nitrogen and oxygen atoms in total. The highest BCUT2D eigenvalue weighted by atomic mass is 16.2. The van der Waals surface area contributed by atoms with Gasteiger partial charge in [-0.1, -0.05) is 0 Å². The van der Waals surface area contributed by atoms with E-state index >= 15 is 0 Å². The summed E-state index contributed by atoms with van der Waals surface area (Å²) in [4.78, 5) is 23.6. The molecule has 0 heterocycles. The van der Waals surface area contributed by atoms with E-state index in [1.54, 1.807) is 14.1 Å². The second kappa shape index (κ2) is 6.92. The van der Waals surface area contributed by atoms with Crippen LogP contribution in [-0.4, -0.2) is 50.2 Å². The highest BCUT2D eigenvalue weighted by Crippen LogP contribution is 1.77. The summed E-state index contributed by atoms with van der Waals surface area (Å²) in [6.07, 6.45) is 0. The van der Waals surface area contributed by atoms with Gasteiger partial charge in [0.15, 0.2) is 0 Å². The molecule has 0 rings (SSSR count). The Kier molecular flexibility index (Phi) is 6.24. The quantitative estimate of drug-likeness (QED) is 0.577. The Morgan fingerprint density at radius 3 is 2.13 bits per heavy atom. The molecular formula is C9H20N4O2. The zero-order valence-corrected chi connectivity index (χ0v) is 9.76. The summed E-state index contributed by atoms with van der Waals surface area (Å²) in [6.45, 7) is 4.60. The molecule has 0 bridgehead atoms. The van der Waals surface area contributed by atoms with Gasteiger partial charge in [0.2, 0.25) is 0 Å². The van der Waals surface area contributed by atoms with Gasteiger partial charge in [-0.15, -0.1) is 0 Å². The highest BCUT2D eigenvalue weighted by Gasteiger charge is 2.03. The second-order valence-corrected chi connectivity index (χ2v) is 3.68. The Labute approximate surface area is 90.4 Å². The first-order valence-electron chi connectivity index (χ1n) is 4.93. The molecule has 0 aromatic carbocycles. The van der Waals surface area contributed by atoms with Gasteiger partial charge < -0.3 is 20.9 Å². The van der Waals surface area contributed by atoms with Crippen LogP contribution in [0.1, 0.15) is 13.8 Å². The van der Waals surface area contributed by atoms with Crippen molar-refractivity contribution < 1.29 is 9.59 Å². The number of hydrogen-bond acceptors (Lipinski definition) is 2. The van der Waals surface area contributed by atoms with Crippen molar-refractivity contribution in [3.63, 3.8) is 0 Å². The monoisotopic (exact) mass is 216 g/mol. The first kappa shape index (κ1) is 13.5. The largest absolute Gasteiger partial charge is 0.336 e. The van der Waals surface area contributed by atoms with Gasteiger partial charge in [0, 0.05) is 33.2 Å². The van der Waals surface area contributed by atoms with Crippen LogP contribution in [0.5, 0.6) is 0 Å². The molecule has 0 aromatic rings. The molecule has 0 aliphatic rings. The van der Waals surface area contributed by atoms with Crippen LogP contribution < -0.4 is 16.0 Å². The van der Waals surface area contributed by atoms with Gasteiger partial charge >= 0.3 is 12.1 Å². The van der Waals surface area contributed by atoms with E-state index in [0.717, 1.165) is 0 Å². The summed E-state index contributed by atoms with van der Waals surface area (Å²) in [7, 11) is 3.32. The molecular weight excluding hydrogens is 196 g/mol. The van der Waals surface area contributed by atoms with Gasteiger partial charge in [-0.2, -0.15) is 0 Å². The lowest BCUT2D eigenvalue weighted by molar-refractivity contribution is 0.216. The molecule has 4 amide bonds. The molecule has 0 saturated heterocycles. The van der Waals surface area contributed by atoms with Crippen molar-refractivity contribution in [2.24, 2.45) is 0 Å². The van der Waals surface area contributed by atoms with Gasteiger partial charge in [-0.3, -0.25) is 0 Å². The zero-order chi connectivity index (χ0) is 11.8. The lowest BCUT2D eigenvalue weighted by atomic mass is 10.4. The van der Waals surface area contributed by atoms with Crippen molar-refractivity contribution in [3.8, 4) is 0 Å². The Hall–Kier alpha value is -1.46. The number of nitrogens with one attached hydrogen (secondary N) is 3. The van der Waals surface area contributed by atoms with Crippen LogP contribution in [0.3, 0.4) is 0 Å². The minimum Gasteiger partial charge on any atom is -0.336 e. The van der Waals surface area contributed by atoms with E-state index in [2.05, 4.69) is 16.0 Å². The van der Waals surface area contributed by atoms with Crippen molar-refractivity contribution in [1.82, 2.24) is 20.9 Å². The van der Waals surface area contributed by atoms with Gasteiger partial charge in [0.1, 0.15) is 0 Å². The molecule has 0 radical (unpaired) electrons. The van der Waals surface area contributed by atoms with E-state index in [-0.39, 0.29) is 18.1 Å². The van der Waals surface area contributed by atoms with Crippen molar-refractivity contribution in [1.29, 1.82) is 0 Å². The second-order valence-electron chi connectivity index (χ2n) is 3.68. The fourth-order valence-corrected chi connectivity index (χ4v) is 0.817. The van der Waals surface area contributed by atoms with Crippen LogP contribution >= 0.6 is 0 Å². The summed E-state index contributed by atoms with van der Waals surface area (Å²) in [6, 6.07) is -0.272. The van der Waals surface area contributed by atoms with Crippen molar-refractivity contribution in [2.75, 3.05) is 27.2 Å². The van der Waals surface area contributed by atoms with Crippen molar-refractivity contribution in [2.45, 2.75) is 19.9 Å². The fraction of sp³-hybridized carbons (Fsp3) is 0.778. The van der Waals surface area contributed by atoms with E-state index < -0.39 is 0 Å². The molecule has 0 aliphatic carbocycles. The Morgan fingerprint density at radius 1 is 1.13 bits per heavy atom. The lowest BCUT2D eigenvalue weighted by Crippen LogP contribution is -2.44. The average Bonchev–Trinajstić information content (AvgIpc) is 2.10. The normalized spacial score (nSPS) is 9.67. The van der Waals surface area contributed by atoms with E-state index in [1.165, 1.54) is 4.90 Å². The number of amides is 4. The van der Waals surface area contributed by atoms with Crippen LogP contribution in [0.4, 0.5) is 9.59 Å². The van der Waals surface area contributed by atoms with E-state index in [9.17, 15) is 9.59 Å².